The lowest BCUT2D eigenvalue weighted by Crippen LogP contribution is -2.17. The van der Waals surface area contributed by atoms with Crippen LogP contribution in [0.3, 0.4) is 0 Å². The number of para-hydroxylation sites is 5. The van der Waals surface area contributed by atoms with Crippen LogP contribution in [-0.2, 0) is 5.41 Å². The number of hydrogen-bond donors (Lipinski definition) is 0. The molecule has 58 heavy (non-hydrogen) atoms. The third kappa shape index (κ3) is 4.62. The second kappa shape index (κ2) is 12.3. The molecular formula is C55H38N2O. The maximum absolute atomic E-state index is 6.53. The van der Waals surface area contributed by atoms with Crippen LogP contribution in [0.4, 0.5) is 17.1 Å². The van der Waals surface area contributed by atoms with Gasteiger partial charge in [-0.25, -0.2) is 0 Å². The highest BCUT2D eigenvalue weighted by atomic mass is 16.3. The molecule has 3 nitrogen and oxygen atoms in total. The van der Waals surface area contributed by atoms with E-state index < -0.39 is 0 Å². The Bertz CT molecular complexity index is 3430. The van der Waals surface area contributed by atoms with Crippen molar-refractivity contribution < 1.29 is 4.42 Å². The summed E-state index contributed by atoms with van der Waals surface area (Å²) in [6.45, 7) is 4.78. The maximum Gasteiger partial charge on any atom is 0.143 e. The Balaban J connectivity index is 1.10. The smallest absolute Gasteiger partial charge is 0.143 e. The lowest BCUT2D eigenvalue weighted by atomic mass is 9.80. The highest BCUT2D eigenvalue weighted by molar-refractivity contribution is 6.18. The zero-order chi connectivity index (χ0) is 38.5. The molecule has 0 saturated heterocycles. The summed E-state index contributed by atoms with van der Waals surface area (Å²) in [4.78, 5) is 2.50. The van der Waals surface area contributed by atoms with Gasteiger partial charge in [0, 0.05) is 49.3 Å². The quantitative estimate of drug-likeness (QED) is 0.175. The fourth-order valence-electron chi connectivity index (χ4n) is 9.92. The second-order valence-electron chi connectivity index (χ2n) is 16.1. The van der Waals surface area contributed by atoms with Crippen LogP contribution >= 0.6 is 0 Å². The zero-order valence-electron chi connectivity index (χ0n) is 32.3. The van der Waals surface area contributed by atoms with Gasteiger partial charge in [-0.15, -0.1) is 0 Å². The van der Waals surface area contributed by atoms with E-state index in [4.69, 9.17) is 4.42 Å². The number of benzene rings is 9. The van der Waals surface area contributed by atoms with E-state index in [1.807, 2.05) is 6.07 Å². The second-order valence-corrected chi connectivity index (χ2v) is 16.1. The summed E-state index contributed by atoms with van der Waals surface area (Å²) in [5.41, 5.74) is 16.1. The third-order valence-electron chi connectivity index (χ3n) is 12.6. The first-order valence-electron chi connectivity index (χ1n) is 20.1. The van der Waals surface area contributed by atoms with Crippen molar-refractivity contribution in [2.45, 2.75) is 19.3 Å². The molecule has 2 heterocycles. The molecule has 3 heteroatoms. The lowest BCUT2D eigenvalue weighted by Gasteiger charge is -2.30. The van der Waals surface area contributed by atoms with Crippen LogP contribution in [0.25, 0.3) is 82.5 Å². The standard InChI is InChI=1S/C55H38N2O/c1-55(2)45-33-35(38-25-15-26-42-40-22-12-14-30-51(40)58-54(38)42)31-32-43(45)52-41-23-10-9-21-39(41)50(34-46(52)55)57(37-19-7-4-8-20-37)49-29-16-28-48-53(49)44-24-11-13-27-47(44)56(48)36-17-5-3-6-18-36/h3-34H,1-2H3. The maximum atomic E-state index is 6.53. The van der Waals surface area contributed by atoms with Crippen molar-refractivity contribution >= 4 is 71.6 Å². The Hall–Kier alpha value is -7.36. The number of hydrogen-bond acceptors (Lipinski definition) is 2. The van der Waals surface area contributed by atoms with Crippen LogP contribution in [0.2, 0.25) is 0 Å². The molecule has 12 rings (SSSR count). The first kappa shape index (κ1) is 32.8. The number of anilines is 3. The van der Waals surface area contributed by atoms with Crippen LogP contribution in [0.15, 0.2) is 199 Å². The van der Waals surface area contributed by atoms with E-state index in [-0.39, 0.29) is 5.41 Å². The summed E-state index contributed by atoms with van der Waals surface area (Å²) >= 11 is 0. The summed E-state index contributed by atoms with van der Waals surface area (Å²) in [6, 6.07) is 70.6. The Morgan fingerprint density at radius 1 is 0.466 bits per heavy atom. The monoisotopic (exact) mass is 742 g/mol. The van der Waals surface area contributed by atoms with Crippen molar-refractivity contribution in [1.29, 1.82) is 0 Å². The highest BCUT2D eigenvalue weighted by Gasteiger charge is 2.38. The van der Waals surface area contributed by atoms with Gasteiger partial charge >= 0.3 is 0 Å². The molecule has 2 aromatic heterocycles. The fraction of sp³-hybridized carbons (Fsp3) is 0.0545. The molecule has 11 aromatic rings. The van der Waals surface area contributed by atoms with E-state index in [9.17, 15) is 0 Å². The Morgan fingerprint density at radius 3 is 1.95 bits per heavy atom. The first-order valence-corrected chi connectivity index (χ1v) is 20.1. The van der Waals surface area contributed by atoms with E-state index in [1.54, 1.807) is 0 Å². The van der Waals surface area contributed by atoms with Gasteiger partial charge in [-0.1, -0.05) is 147 Å². The van der Waals surface area contributed by atoms with Gasteiger partial charge in [-0.05, 0) is 93.9 Å². The summed E-state index contributed by atoms with van der Waals surface area (Å²) < 4.78 is 8.94. The number of rotatable bonds is 5. The van der Waals surface area contributed by atoms with Crippen molar-refractivity contribution in [3.05, 3.63) is 205 Å². The minimum atomic E-state index is -0.279. The van der Waals surface area contributed by atoms with Gasteiger partial charge in [0.15, 0.2) is 0 Å². The molecule has 0 fully saturated rings. The van der Waals surface area contributed by atoms with Crippen LogP contribution in [0.1, 0.15) is 25.0 Å². The van der Waals surface area contributed by atoms with Gasteiger partial charge in [0.1, 0.15) is 11.2 Å². The summed E-state index contributed by atoms with van der Waals surface area (Å²) in [5, 5.41) is 7.22. The number of nitrogens with zero attached hydrogens (tertiary/aromatic N) is 2. The molecule has 9 aromatic carbocycles. The molecular weight excluding hydrogens is 705 g/mol. The largest absolute Gasteiger partial charge is 0.455 e. The van der Waals surface area contributed by atoms with Crippen LogP contribution in [0.5, 0.6) is 0 Å². The molecule has 0 spiro atoms. The van der Waals surface area contributed by atoms with E-state index in [2.05, 4.69) is 211 Å². The molecule has 0 amide bonds. The molecule has 0 saturated carbocycles. The van der Waals surface area contributed by atoms with E-state index in [0.29, 0.717) is 0 Å². The molecule has 0 N–H and O–H groups in total. The SMILES string of the molecule is CC1(C)c2cc(-c3cccc4c3oc3ccccc34)ccc2-c2c1cc(N(c1ccccc1)c1cccc3c1c1ccccc1n3-c1ccccc1)c1ccccc21. The highest BCUT2D eigenvalue weighted by Crippen LogP contribution is 2.56. The number of fused-ring (bicyclic) bond motifs is 11. The number of aromatic nitrogens is 1. The Morgan fingerprint density at radius 2 is 1.12 bits per heavy atom. The third-order valence-corrected chi connectivity index (χ3v) is 12.6. The lowest BCUT2D eigenvalue weighted by molar-refractivity contribution is 0.660. The molecule has 0 aliphatic heterocycles. The van der Waals surface area contributed by atoms with Crippen molar-refractivity contribution in [2.75, 3.05) is 4.90 Å². The average Bonchev–Trinajstić information content (AvgIpc) is 3.90. The molecule has 274 valence electrons. The van der Waals surface area contributed by atoms with Gasteiger partial charge < -0.3 is 13.9 Å². The summed E-state index contributed by atoms with van der Waals surface area (Å²) in [7, 11) is 0. The fourth-order valence-corrected chi connectivity index (χ4v) is 9.92. The topological polar surface area (TPSA) is 21.3 Å². The van der Waals surface area contributed by atoms with Gasteiger partial charge in [0.05, 0.1) is 22.4 Å². The van der Waals surface area contributed by atoms with Crippen molar-refractivity contribution in [3.8, 4) is 27.9 Å². The van der Waals surface area contributed by atoms with E-state index >= 15 is 0 Å². The van der Waals surface area contributed by atoms with Crippen LogP contribution < -0.4 is 4.90 Å². The predicted octanol–water partition coefficient (Wildman–Crippen LogP) is 15.3. The average molecular weight is 743 g/mol. The van der Waals surface area contributed by atoms with Gasteiger partial charge in [-0.3, -0.25) is 0 Å². The Labute approximate surface area is 336 Å². The van der Waals surface area contributed by atoms with Crippen molar-refractivity contribution in [2.24, 2.45) is 0 Å². The van der Waals surface area contributed by atoms with Gasteiger partial charge in [-0.2, -0.15) is 0 Å². The minimum Gasteiger partial charge on any atom is -0.455 e. The van der Waals surface area contributed by atoms with Crippen molar-refractivity contribution in [3.63, 3.8) is 0 Å². The van der Waals surface area contributed by atoms with E-state index in [0.717, 1.165) is 50.3 Å². The number of furan rings is 1. The van der Waals surface area contributed by atoms with Gasteiger partial charge in [0.25, 0.3) is 0 Å². The van der Waals surface area contributed by atoms with E-state index in [1.165, 1.54) is 60.4 Å². The summed E-state index contributed by atoms with van der Waals surface area (Å²) in [6.07, 6.45) is 0. The molecule has 1 aliphatic rings. The molecule has 0 radical (unpaired) electrons. The van der Waals surface area contributed by atoms with Crippen LogP contribution in [-0.4, -0.2) is 4.57 Å². The molecule has 0 atom stereocenters. The van der Waals surface area contributed by atoms with Crippen molar-refractivity contribution in [1.82, 2.24) is 4.57 Å². The van der Waals surface area contributed by atoms with Gasteiger partial charge in [0.2, 0.25) is 0 Å². The molecule has 0 unspecified atom stereocenters. The zero-order valence-corrected chi connectivity index (χ0v) is 32.3. The first-order chi connectivity index (χ1) is 28.6. The minimum absolute atomic E-state index is 0.279. The molecule has 0 bridgehead atoms. The van der Waals surface area contributed by atoms with Crippen LogP contribution in [0, 0.1) is 0 Å². The normalized spacial score (nSPS) is 13.1. The summed E-state index contributed by atoms with van der Waals surface area (Å²) in [5.74, 6) is 0. The Kier molecular flexibility index (Phi) is 6.98. The predicted molar refractivity (Wildman–Crippen MR) is 243 cm³/mol. The molecule has 1 aliphatic carbocycles.